The van der Waals surface area contributed by atoms with Crippen LogP contribution in [0.5, 0.6) is 0 Å². The highest BCUT2D eigenvalue weighted by atomic mass is 16.6. The van der Waals surface area contributed by atoms with E-state index < -0.39 is 5.60 Å². The molecule has 0 bridgehead atoms. The van der Waals surface area contributed by atoms with Crippen LogP contribution >= 0.6 is 0 Å². The van der Waals surface area contributed by atoms with Gasteiger partial charge in [-0.2, -0.15) is 0 Å². The number of nitrogens with zero attached hydrogens (tertiary/aromatic N) is 3. The largest absolute Gasteiger partial charge is 0.444 e. The zero-order valence-corrected chi connectivity index (χ0v) is 12.4. The zero-order valence-electron chi connectivity index (χ0n) is 12.4. The fourth-order valence-corrected chi connectivity index (χ4v) is 2.25. The first-order chi connectivity index (χ1) is 9.28. The standard InChI is InChI=1S/C14H21N3O3/c1-14(2,3)20-13(19)17-7-5-10(9-17)11(18)12-15-6-8-16(12)4/h6,8,10H,5,7,9H2,1-4H3. The monoisotopic (exact) mass is 279 g/mol. The van der Waals surface area contributed by atoms with Gasteiger partial charge in [-0.1, -0.05) is 0 Å². The Morgan fingerprint density at radius 3 is 2.65 bits per heavy atom. The summed E-state index contributed by atoms with van der Waals surface area (Å²) in [7, 11) is 1.79. The minimum atomic E-state index is -0.515. The zero-order chi connectivity index (χ0) is 14.9. The summed E-state index contributed by atoms with van der Waals surface area (Å²) < 4.78 is 7.03. The maximum absolute atomic E-state index is 12.3. The molecule has 1 unspecified atom stereocenters. The SMILES string of the molecule is Cn1ccnc1C(=O)C1CCN(C(=O)OC(C)(C)C)C1. The van der Waals surface area contributed by atoms with E-state index in [2.05, 4.69) is 4.98 Å². The van der Waals surface area contributed by atoms with Crippen molar-refractivity contribution < 1.29 is 14.3 Å². The fourth-order valence-electron chi connectivity index (χ4n) is 2.25. The van der Waals surface area contributed by atoms with Gasteiger partial charge in [0, 0.05) is 38.4 Å². The minimum Gasteiger partial charge on any atom is -0.444 e. The van der Waals surface area contributed by atoms with Crippen molar-refractivity contribution in [1.82, 2.24) is 14.5 Å². The van der Waals surface area contributed by atoms with Gasteiger partial charge >= 0.3 is 6.09 Å². The Morgan fingerprint density at radius 2 is 2.10 bits per heavy atom. The Hall–Kier alpha value is -1.85. The Morgan fingerprint density at radius 1 is 1.40 bits per heavy atom. The lowest BCUT2D eigenvalue weighted by Gasteiger charge is -2.24. The third kappa shape index (κ3) is 3.18. The van der Waals surface area contributed by atoms with Crippen LogP contribution in [0.1, 0.15) is 37.8 Å². The highest BCUT2D eigenvalue weighted by Crippen LogP contribution is 2.22. The number of carbonyl (C=O) groups is 2. The van der Waals surface area contributed by atoms with E-state index in [0.29, 0.717) is 25.3 Å². The predicted octanol–water partition coefficient (Wildman–Crippen LogP) is 1.86. The first kappa shape index (κ1) is 14.6. The lowest BCUT2D eigenvalue weighted by molar-refractivity contribution is 0.0289. The molecule has 1 aliphatic rings. The molecule has 0 spiro atoms. The number of rotatable bonds is 2. The number of aromatic nitrogens is 2. The number of likely N-dealkylation sites (tertiary alicyclic amines) is 1. The average Bonchev–Trinajstić information content (AvgIpc) is 2.94. The highest BCUT2D eigenvalue weighted by Gasteiger charge is 2.34. The number of aryl methyl sites for hydroxylation is 1. The molecule has 1 atom stereocenters. The second-order valence-electron chi connectivity index (χ2n) is 6.14. The quantitative estimate of drug-likeness (QED) is 0.775. The lowest BCUT2D eigenvalue weighted by atomic mass is 10.0. The van der Waals surface area contributed by atoms with Crippen LogP contribution in [0.15, 0.2) is 12.4 Å². The van der Waals surface area contributed by atoms with Gasteiger partial charge < -0.3 is 14.2 Å². The number of amides is 1. The molecule has 1 amide bonds. The van der Waals surface area contributed by atoms with Crippen molar-refractivity contribution in [3.63, 3.8) is 0 Å². The van der Waals surface area contributed by atoms with E-state index in [1.54, 1.807) is 28.9 Å². The van der Waals surface area contributed by atoms with Gasteiger partial charge in [0.2, 0.25) is 5.78 Å². The summed E-state index contributed by atoms with van der Waals surface area (Å²) in [5.41, 5.74) is -0.515. The van der Waals surface area contributed by atoms with Crippen molar-refractivity contribution in [1.29, 1.82) is 0 Å². The summed E-state index contributed by atoms with van der Waals surface area (Å²) in [6.07, 6.45) is 3.65. The molecule has 1 saturated heterocycles. The summed E-state index contributed by atoms with van der Waals surface area (Å²) in [6, 6.07) is 0. The van der Waals surface area contributed by atoms with Gasteiger partial charge in [-0.25, -0.2) is 9.78 Å². The van der Waals surface area contributed by atoms with Crippen molar-refractivity contribution in [2.24, 2.45) is 13.0 Å². The number of hydrogen-bond acceptors (Lipinski definition) is 4. The Labute approximate surface area is 118 Å². The smallest absolute Gasteiger partial charge is 0.410 e. The molecule has 6 heteroatoms. The molecule has 0 aromatic carbocycles. The molecule has 1 fully saturated rings. The molecular formula is C14H21N3O3. The summed E-state index contributed by atoms with van der Waals surface area (Å²) in [4.78, 5) is 29.9. The number of imidazole rings is 1. The fraction of sp³-hybridized carbons (Fsp3) is 0.643. The Balaban J connectivity index is 1.97. The second-order valence-corrected chi connectivity index (χ2v) is 6.14. The molecule has 1 aromatic rings. The maximum atomic E-state index is 12.3. The van der Waals surface area contributed by atoms with E-state index in [0.717, 1.165) is 0 Å². The second kappa shape index (κ2) is 5.26. The number of ketones is 1. The molecule has 20 heavy (non-hydrogen) atoms. The van der Waals surface area contributed by atoms with Crippen LogP contribution in [0.25, 0.3) is 0 Å². The number of ether oxygens (including phenoxy) is 1. The van der Waals surface area contributed by atoms with Gasteiger partial charge in [-0.3, -0.25) is 4.79 Å². The third-order valence-electron chi connectivity index (χ3n) is 3.25. The molecule has 2 heterocycles. The molecule has 0 radical (unpaired) electrons. The molecule has 6 nitrogen and oxygen atoms in total. The van der Waals surface area contributed by atoms with Gasteiger partial charge in [0.25, 0.3) is 0 Å². The predicted molar refractivity (Wildman–Crippen MR) is 73.5 cm³/mol. The van der Waals surface area contributed by atoms with Crippen LogP contribution in [0.2, 0.25) is 0 Å². The van der Waals surface area contributed by atoms with Gasteiger partial charge in [0.1, 0.15) is 5.60 Å². The average molecular weight is 279 g/mol. The van der Waals surface area contributed by atoms with E-state index in [1.165, 1.54) is 0 Å². The van der Waals surface area contributed by atoms with Crippen molar-refractivity contribution >= 4 is 11.9 Å². The van der Waals surface area contributed by atoms with Gasteiger partial charge in [0.05, 0.1) is 0 Å². The maximum Gasteiger partial charge on any atom is 0.410 e. The van der Waals surface area contributed by atoms with Gasteiger partial charge in [0.15, 0.2) is 5.82 Å². The number of carbonyl (C=O) groups excluding carboxylic acids is 2. The van der Waals surface area contributed by atoms with Gasteiger partial charge in [-0.05, 0) is 27.2 Å². The lowest BCUT2D eigenvalue weighted by Crippen LogP contribution is -2.36. The highest BCUT2D eigenvalue weighted by molar-refractivity contribution is 5.95. The molecular weight excluding hydrogens is 258 g/mol. The minimum absolute atomic E-state index is 0.0106. The van der Waals surface area contributed by atoms with Crippen LogP contribution in [0.4, 0.5) is 4.79 Å². The molecule has 2 rings (SSSR count). The molecule has 0 saturated carbocycles. The normalized spacial score (nSPS) is 19.2. The van der Waals surface area contributed by atoms with Crippen LogP contribution in [0.3, 0.4) is 0 Å². The Bertz CT molecular complexity index is 516. The van der Waals surface area contributed by atoms with Crippen LogP contribution in [-0.4, -0.2) is 45.0 Å². The first-order valence-electron chi connectivity index (χ1n) is 6.77. The topological polar surface area (TPSA) is 64.4 Å². The summed E-state index contributed by atoms with van der Waals surface area (Å²) in [6.45, 7) is 6.45. The summed E-state index contributed by atoms with van der Waals surface area (Å²) in [5, 5.41) is 0. The van der Waals surface area contributed by atoms with Crippen molar-refractivity contribution in [2.45, 2.75) is 32.8 Å². The Kier molecular flexibility index (Phi) is 3.83. The van der Waals surface area contributed by atoms with E-state index in [-0.39, 0.29) is 17.8 Å². The number of Topliss-reactive ketones (excluding diaryl/α,β-unsaturated/α-hetero) is 1. The molecule has 1 aliphatic heterocycles. The van der Waals surface area contributed by atoms with Crippen LogP contribution in [-0.2, 0) is 11.8 Å². The van der Waals surface area contributed by atoms with Gasteiger partial charge in [-0.15, -0.1) is 0 Å². The molecule has 0 aliphatic carbocycles. The number of hydrogen-bond donors (Lipinski definition) is 0. The van der Waals surface area contributed by atoms with E-state index in [9.17, 15) is 9.59 Å². The van der Waals surface area contributed by atoms with Crippen molar-refractivity contribution in [3.8, 4) is 0 Å². The van der Waals surface area contributed by atoms with E-state index >= 15 is 0 Å². The summed E-state index contributed by atoms with van der Waals surface area (Å²) in [5.74, 6) is 0.244. The molecule has 1 aromatic heterocycles. The summed E-state index contributed by atoms with van der Waals surface area (Å²) >= 11 is 0. The van der Waals surface area contributed by atoms with Crippen molar-refractivity contribution in [3.05, 3.63) is 18.2 Å². The van der Waals surface area contributed by atoms with Crippen LogP contribution < -0.4 is 0 Å². The first-order valence-corrected chi connectivity index (χ1v) is 6.77. The van der Waals surface area contributed by atoms with E-state index in [4.69, 9.17) is 4.74 Å². The molecule has 110 valence electrons. The van der Waals surface area contributed by atoms with Crippen molar-refractivity contribution in [2.75, 3.05) is 13.1 Å². The van der Waals surface area contributed by atoms with Crippen LogP contribution in [0, 0.1) is 5.92 Å². The van der Waals surface area contributed by atoms with E-state index in [1.807, 2.05) is 20.8 Å². The molecule has 0 N–H and O–H groups in total. The third-order valence-corrected chi connectivity index (χ3v) is 3.25.